The summed E-state index contributed by atoms with van der Waals surface area (Å²) in [6.07, 6.45) is 0. The van der Waals surface area contributed by atoms with Gasteiger partial charge in [-0.1, -0.05) is 29.3 Å². The molecule has 7 heteroatoms. The number of amides is 1. The molecule has 1 fully saturated rings. The molecule has 0 saturated carbocycles. The Morgan fingerprint density at radius 2 is 1.88 bits per heavy atom. The summed E-state index contributed by atoms with van der Waals surface area (Å²) in [6, 6.07) is 10.6. The molecule has 3 aromatic rings. The minimum absolute atomic E-state index is 0.0251. The maximum atomic E-state index is 12.8. The zero-order valence-corrected chi connectivity index (χ0v) is 15.7. The van der Waals surface area contributed by atoms with Gasteiger partial charge in [-0.25, -0.2) is 4.98 Å². The van der Waals surface area contributed by atoms with Gasteiger partial charge in [0.2, 0.25) is 5.89 Å². The van der Waals surface area contributed by atoms with Crippen molar-refractivity contribution in [3.05, 3.63) is 52.0 Å². The highest BCUT2D eigenvalue weighted by Crippen LogP contribution is 2.32. The Morgan fingerprint density at radius 1 is 1.12 bits per heavy atom. The predicted octanol–water partition coefficient (Wildman–Crippen LogP) is 4.19. The van der Waals surface area contributed by atoms with Crippen LogP contribution in [0, 0.1) is 0 Å². The van der Waals surface area contributed by atoms with Crippen LogP contribution in [0.5, 0.6) is 0 Å². The van der Waals surface area contributed by atoms with E-state index in [1.165, 1.54) is 0 Å². The largest absolute Gasteiger partial charge is 0.435 e. The average molecular weight is 390 g/mol. The number of aromatic nitrogens is 1. The SMILES string of the molecule is CN1CCN(C(=O)c2cccc(-c3nc4cc(Cl)cc(Cl)c4o3)c2)CC1. The Labute approximate surface area is 161 Å². The molecule has 0 aliphatic carbocycles. The van der Waals surface area contributed by atoms with Gasteiger partial charge < -0.3 is 14.2 Å². The van der Waals surface area contributed by atoms with Crippen molar-refractivity contribution in [3.63, 3.8) is 0 Å². The minimum Gasteiger partial charge on any atom is -0.435 e. The van der Waals surface area contributed by atoms with Gasteiger partial charge in [-0.3, -0.25) is 4.79 Å². The quantitative estimate of drug-likeness (QED) is 0.659. The molecule has 4 rings (SSSR count). The van der Waals surface area contributed by atoms with Crippen LogP contribution in [-0.2, 0) is 0 Å². The van der Waals surface area contributed by atoms with Crippen LogP contribution in [0.25, 0.3) is 22.6 Å². The van der Waals surface area contributed by atoms with E-state index >= 15 is 0 Å². The smallest absolute Gasteiger partial charge is 0.253 e. The molecule has 1 saturated heterocycles. The lowest BCUT2D eigenvalue weighted by Crippen LogP contribution is -2.47. The molecule has 1 aliphatic rings. The third-order valence-electron chi connectivity index (χ3n) is 4.56. The highest BCUT2D eigenvalue weighted by atomic mass is 35.5. The summed E-state index contributed by atoms with van der Waals surface area (Å²) in [4.78, 5) is 21.3. The molecule has 0 bridgehead atoms. The molecule has 134 valence electrons. The molecule has 2 heterocycles. The Kier molecular flexibility index (Phi) is 4.61. The van der Waals surface area contributed by atoms with Gasteiger partial charge in [-0.15, -0.1) is 0 Å². The summed E-state index contributed by atoms with van der Waals surface area (Å²) in [5.41, 5.74) is 2.43. The van der Waals surface area contributed by atoms with Crippen molar-refractivity contribution in [2.45, 2.75) is 0 Å². The van der Waals surface area contributed by atoms with Crippen molar-refractivity contribution in [2.75, 3.05) is 33.2 Å². The lowest BCUT2D eigenvalue weighted by atomic mass is 10.1. The second-order valence-electron chi connectivity index (χ2n) is 6.43. The van der Waals surface area contributed by atoms with Crippen molar-refractivity contribution < 1.29 is 9.21 Å². The lowest BCUT2D eigenvalue weighted by molar-refractivity contribution is 0.0664. The van der Waals surface area contributed by atoms with Gasteiger partial charge in [0.1, 0.15) is 5.52 Å². The van der Waals surface area contributed by atoms with Crippen LogP contribution >= 0.6 is 23.2 Å². The van der Waals surface area contributed by atoms with E-state index in [4.69, 9.17) is 27.6 Å². The number of piperazine rings is 1. The van der Waals surface area contributed by atoms with E-state index in [-0.39, 0.29) is 5.91 Å². The number of benzene rings is 2. The molecule has 0 N–H and O–H groups in total. The van der Waals surface area contributed by atoms with Crippen molar-refractivity contribution in [2.24, 2.45) is 0 Å². The van der Waals surface area contributed by atoms with Gasteiger partial charge in [0.15, 0.2) is 5.58 Å². The number of carbonyl (C=O) groups excluding carboxylic acids is 1. The van der Waals surface area contributed by atoms with E-state index < -0.39 is 0 Å². The molecular weight excluding hydrogens is 373 g/mol. The Bertz CT molecular complexity index is 978. The summed E-state index contributed by atoms with van der Waals surface area (Å²) in [5, 5.41) is 0.914. The summed E-state index contributed by atoms with van der Waals surface area (Å²) >= 11 is 12.2. The highest BCUT2D eigenvalue weighted by Gasteiger charge is 2.21. The fourth-order valence-corrected chi connectivity index (χ4v) is 3.58. The number of hydrogen-bond donors (Lipinski definition) is 0. The summed E-state index contributed by atoms with van der Waals surface area (Å²) in [6.45, 7) is 3.23. The summed E-state index contributed by atoms with van der Waals surface area (Å²) < 4.78 is 5.80. The standard InChI is InChI=1S/C19H17Cl2N3O2/c1-23-5-7-24(8-6-23)19(25)13-4-2-3-12(9-13)18-22-16-11-14(20)10-15(21)17(16)26-18/h2-4,9-11H,5-8H2,1H3. The van der Waals surface area contributed by atoms with Crippen LogP contribution in [0.3, 0.4) is 0 Å². The number of fused-ring (bicyclic) bond motifs is 1. The van der Waals surface area contributed by atoms with Crippen LogP contribution in [0.4, 0.5) is 0 Å². The number of likely N-dealkylation sites (N-methyl/N-ethyl adjacent to an activating group) is 1. The maximum Gasteiger partial charge on any atom is 0.253 e. The van der Waals surface area contributed by atoms with Gasteiger partial charge >= 0.3 is 0 Å². The number of oxazole rings is 1. The van der Waals surface area contributed by atoms with E-state index in [1.807, 2.05) is 23.1 Å². The third kappa shape index (κ3) is 3.30. The van der Waals surface area contributed by atoms with Crippen LogP contribution in [-0.4, -0.2) is 53.9 Å². The summed E-state index contributed by atoms with van der Waals surface area (Å²) in [7, 11) is 2.06. The van der Waals surface area contributed by atoms with E-state index in [0.717, 1.165) is 31.7 Å². The molecular formula is C19H17Cl2N3O2. The van der Waals surface area contributed by atoms with Gasteiger partial charge in [-0.2, -0.15) is 0 Å². The van der Waals surface area contributed by atoms with Crippen molar-refractivity contribution >= 4 is 40.2 Å². The number of carbonyl (C=O) groups is 1. The maximum absolute atomic E-state index is 12.8. The van der Waals surface area contributed by atoms with Gasteiger partial charge in [0.25, 0.3) is 5.91 Å². The fraction of sp³-hybridized carbons (Fsp3) is 0.263. The average Bonchev–Trinajstić information content (AvgIpc) is 3.06. The molecule has 1 aromatic heterocycles. The van der Waals surface area contributed by atoms with Crippen molar-refractivity contribution in [3.8, 4) is 11.5 Å². The first-order valence-electron chi connectivity index (χ1n) is 8.35. The van der Waals surface area contributed by atoms with Crippen molar-refractivity contribution in [1.82, 2.24) is 14.8 Å². The van der Waals surface area contributed by atoms with Gasteiger partial charge in [0.05, 0.1) is 5.02 Å². The molecule has 1 aliphatic heterocycles. The lowest BCUT2D eigenvalue weighted by Gasteiger charge is -2.32. The van der Waals surface area contributed by atoms with E-state index in [9.17, 15) is 4.79 Å². The fourth-order valence-electron chi connectivity index (χ4n) is 3.06. The van der Waals surface area contributed by atoms with Crippen LogP contribution in [0.15, 0.2) is 40.8 Å². The third-order valence-corrected chi connectivity index (χ3v) is 5.06. The second-order valence-corrected chi connectivity index (χ2v) is 7.27. The Balaban J connectivity index is 1.65. The molecule has 1 amide bonds. The molecule has 2 aromatic carbocycles. The molecule has 5 nitrogen and oxygen atoms in total. The van der Waals surface area contributed by atoms with Crippen LogP contribution in [0.2, 0.25) is 10.0 Å². The van der Waals surface area contributed by atoms with Gasteiger partial charge in [-0.05, 0) is 37.4 Å². The first-order chi connectivity index (χ1) is 12.5. The monoisotopic (exact) mass is 389 g/mol. The van der Waals surface area contributed by atoms with E-state index in [2.05, 4.69) is 16.9 Å². The first kappa shape index (κ1) is 17.3. The minimum atomic E-state index is 0.0251. The zero-order valence-electron chi connectivity index (χ0n) is 14.2. The van der Waals surface area contributed by atoms with Crippen LogP contribution in [0.1, 0.15) is 10.4 Å². The summed E-state index contributed by atoms with van der Waals surface area (Å²) in [5.74, 6) is 0.439. The molecule has 26 heavy (non-hydrogen) atoms. The predicted molar refractivity (Wildman–Crippen MR) is 103 cm³/mol. The molecule has 0 unspecified atom stereocenters. The Hall–Kier alpha value is -2.08. The first-order valence-corrected chi connectivity index (χ1v) is 9.11. The van der Waals surface area contributed by atoms with E-state index in [1.54, 1.807) is 18.2 Å². The molecule has 0 radical (unpaired) electrons. The van der Waals surface area contributed by atoms with E-state index in [0.29, 0.717) is 32.6 Å². The number of nitrogens with zero attached hydrogens (tertiary/aromatic N) is 3. The molecule has 0 atom stereocenters. The topological polar surface area (TPSA) is 49.6 Å². The van der Waals surface area contributed by atoms with Gasteiger partial charge in [0, 0.05) is 42.3 Å². The van der Waals surface area contributed by atoms with Crippen molar-refractivity contribution in [1.29, 1.82) is 0 Å². The second kappa shape index (κ2) is 6.91. The van der Waals surface area contributed by atoms with Crippen LogP contribution < -0.4 is 0 Å². The number of rotatable bonds is 2. The highest BCUT2D eigenvalue weighted by molar-refractivity contribution is 6.38. The number of halogens is 2. The molecule has 0 spiro atoms. The number of hydrogen-bond acceptors (Lipinski definition) is 4. The Morgan fingerprint density at radius 3 is 2.65 bits per heavy atom. The normalized spacial score (nSPS) is 15.6. The zero-order chi connectivity index (χ0) is 18.3.